The van der Waals surface area contributed by atoms with Gasteiger partial charge in [0.1, 0.15) is 17.8 Å². The summed E-state index contributed by atoms with van der Waals surface area (Å²) in [5, 5.41) is 21.4. The molecular formula is C24H29N3O5. The standard InChI is InChI=1S/C24H29N3O5/c1-13-8-18(28)9-14(2)19(13)11-20(25)23(30)27-12-17-7-5-4-6-16(17)10-21(27)22(29)26-15(3)24(31)32/h4-9,15,20-21,28H,10-12,25H2,1-3H3,(H,26,29)(H,31,32)/t15-,20-,21?/m0/s1. The van der Waals surface area contributed by atoms with Crippen LogP contribution in [0.5, 0.6) is 5.75 Å². The number of benzene rings is 2. The van der Waals surface area contributed by atoms with Crippen LogP contribution in [-0.4, -0.2) is 51.0 Å². The number of aromatic hydroxyl groups is 1. The molecule has 5 N–H and O–H groups in total. The van der Waals surface area contributed by atoms with E-state index < -0.39 is 30.0 Å². The van der Waals surface area contributed by atoms with Crippen LogP contribution in [0.3, 0.4) is 0 Å². The summed E-state index contributed by atoms with van der Waals surface area (Å²) in [4.78, 5) is 39.0. The van der Waals surface area contributed by atoms with Crippen LogP contribution < -0.4 is 11.1 Å². The van der Waals surface area contributed by atoms with Gasteiger partial charge in [0.2, 0.25) is 11.8 Å². The molecule has 0 radical (unpaired) electrons. The highest BCUT2D eigenvalue weighted by molar-refractivity contribution is 5.92. The predicted molar refractivity (Wildman–Crippen MR) is 119 cm³/mol. The Morgan fingerprint density at radius 3 is 2.34 bits per heavy atom. The van der Waals surface area contributed by atoms with E-state index in [1.807, 2.05) is 38.1 Å². The molecule has 8 heteroatoms. The first-order chi connectivity index (χ1) is 15.1. The molecule has 3 atom stereocenters. The molecule has 0 aromatic heterocycles. The SMILES string of the molecule is Cc1cc(O)cc(C)c1C[C@H](N)C(=O)N1Cc2ccccc2CC1C(=O)N[C@@H](C)C(=O)O. The molecule has 3 rings (SSSR count). The van der Waals surface area contributed by atoms with Crippen LogP contribution in [0, 0.1) is 13.8 Å². The smallest absolute Gasteiger partial charge is 0.325 e. The van der Waals surface area contributed by atoms with Crippen molar-refractivity contribution in [2.45, 2.75) is 58.3 Å². The van der Waals surface area contributed by atoms with Gasteiger partial charge < -0.3 is 26.2 Å². The number of amides is 2. The monoisotopic (exact) mass is 439 g/mol. The van der Waals surface area contributed by atoms with E-state index in [1.165, 1.54) is 11.8 Å². The fraction of sp³-hybridized carbons (Fsp3) is 0.375. The molecule has 32 heavy (non-hydrogen) atoms. The van der Waals surface area contributed by atoms with Crippen molar-refractivity contribution in [3.63, 3.8) is 0 Å². The molecule has 0 bridgehead atoms. The van der Waals surface area contributed by atoms with Crippen molar-refractivity contribution in [1.82, 2.24) is 10.2 Å². The fourth-order valence-corrected chi connectivity index (χ4v) is 4.17. The number of nitrogens with two attached hydrogens (primary N) is 1. The van der Waals surface area contributed by atoms with Gasteiger partial charge in [0.15, 0.2) is 0 Å². The molecule has 0 fully saturated rings. The highest BCUT2D eigenvalue weighted by atomic mass is 16.4. The number of carbonyl (C=O) groups excluding carboxylic acids is 2. The van der Waals surface area contributed by atoms with Gasteiger partial charge in [0.05, 0.1) is 6.04 Å². The summed E-state index contributed by atoms with van der Waals surface area (Å²) in [6.45, 7) is 5.29. The highest BCUT2D eigenvalue weighted by Gasteiger charge is 2.37. The number of hydrogen-bond acceptors (Lipinski definition) is 5. The second kappa shape index (κ2) is 9.40. The third-order valence-electron chi connectivity index (χ3n) is 5.99. The summed E-state index contributed by atoms with van der Waals surface area (Å²) in [6.07, 6.45) is 0.541. The van der Waals surface area contributed by atoms with Crippen molar-refractivity contribution >= 4 is 17.8 Å². The second-order valence-electron chi connectivity index (χ2n) is 8.39. The number of carbonyl (C=O) groups is 3. The van der Waals surface area contributed by atoms with Gasteiger partial charge in [0.25, 0.3) is 0 Å². The zero-order valence-corrected chi connectivity index (χ0v) is 18.5. The number of phenolic OH excluding ortho intramolecular Hbond substituents is 1. The molecule has 2 aromatic carbocycles. The summed E-state index contributed by atoms with van der Waals surface area (Å²) in [5.74, 6) is -1.90. The van der Waals surface area contributed by atoms with E-state index in [0.717, 1.165) is 27.8 Å². The third kappa shape index (κ3) is 4.91. The lowest BCUT2D eigenvalue weighted by Crippen LogP contribution is -2.58. The highest BCUT2D eigenvalue weighted by Crippen LogP contribution is 2.26. The number of aryl methyl sites for hydroxylation is 2. The van der Waals surface area contributed by atoms with E-state index in [9.17, 15) is 19.5 Å². The van der Waals surface area contributed by atoms with Crippen LogP contribution in [0.15, 0.2) is 36.4 Å². The van der Waals surface area contributed by atoms with Gasteiger partial charge in [-0.05, 0) is 67.1 Å². The Labute approximate surface area is 187 Å². The zero-order valence-electron chi connectivity index (χ0n) is 18.5. The lowest BCUT2D eigenvalue weighted by molar-refractivity contribution is -0.145. The molecule has 0 saturated heterocycles. The van der Waals surface area contributed by atoms with Crippen molar-refractivity contribution in [3.8, 4) is 5.75 Å². The van der Waals surface area contributed by atoms with Crippen LogP contribution in [0.1, 0.15) is 34.7 Å². The quantitative estimate of drug-likeness (QED) is 0.538. The molecule has 0 saturated carbocycles. The van der Waals surface area contributed by atoms with E-state index >= 15 is 0 Å². The van der Waals surface area contributed by atoms with E-state index in [-0.39, 0.29) is 31.0 Å². The van der Waals surface area contributed by atoms with E-state index in [2.05, 4.69) is 5.32 Å². The molecule has 170 valence electrons. The summed E-state index contributed by atoms with van der Waals surface area (Å²) in [7, 11) is 0. The Morgan fingerprint density at radius 1 is 1.16 bits per heavy atom. The number of fused-ring (bicyclic) bond motifs is 1. The Kier molecular flexibility index (Phi) is 6.84. The number of nitrogens with one attached hydrogen (secondary N) is 1. The zero-order chi connectivity index (χ0) is 23.6. The first kappa shape index (κ1) is 23.3. The lowest BCUT2D eigenvalue weighted by Gasteiger charge is -2.37. The van der Waals surface area contributed by atoms with Gasteiger partial charge >= 0.3 is 5.97 Å². The summed E-state index contributed by atoms with van der Waals surface area (Å²) < 4.78 is 0. The maximum absolute atomic E-state index is 13.4. The lowest BCUT2D eigenvalue weighted by atomic mass is 9.91. The minimum absolute atomic E-state index is 0.153. The van der Waals surface area contributed by atoms with Crippen LogP contribution >= 0.6 is 0 Å². The Balaban J connectivity index is 1.87. The van der Waals surface area contributed by atoms with Crippen molar-refractivity contribution in [1.29, 1.82) is 0 Å². The Morgan fingerprint density at radius 2 is 1.75 bits per heavy atom. The van der Waals surface area contributed by atoms with Crippen molar-refractivity contribution < 1.29 is 24.6 Å². The summed E-state index contributed by atoms with van der Waals surface area (Å²) >= 11 is 0. The average Bonchev–Trinajstić information content (AvgIpc) is 2.74. The average molecular weight is 440 g/mol. The van der Waals surface area contributed by atoms with Gasteiger partial charge in [-0.15, -0.1) is 0 Å². The Bertz CT molecular complexity index is 1030. The van der Waals surface area contributed by atoms with E-state index in [1.54, 1.807) is 12.1 Å². The minimum Gasteiger partial charge on any atom is -0.508 e. The molecule has 2 amide bonds. The first-order valence-electron chi connectivity index (χ1n) is 10.5. The largest absolute Gasteiger partial charge is 0.508 e. The number of carboxylic acid groups (broad SMARTS) is 1. The molecule has 0 aliphatic carbocycles. The van der Waals surface area contributed by atoms with Crippen LogP contribution in [-0.2, 0) is 33.8 Å². The fourth-order valence-electron chi connectivity index (χ4n) is 4.17. The number of hydrogen-bond donors (Lipinski definition) is 4. The molecule has 1 aliphatic rings. The maximum Gasteiger partial charge on any atom is 0.325 e. The van der Waals surface area contributed by atoms with Crippen LogP contribution in [0.25, 0.3) is 0 Å². The molecular weight excluding hydrogens is 410 g/mol. The van der Waals surface area contributed by atoms with Crippen LogP contribution in [0.4, 0.5) is 0 Å². The number of carboxylic acids is 1. The maximum atomic E-state index is 13.4. The summed E-state index contributed by atoms with van der Waals surface area (Å²) in [6, 6.07) is 7.98. The van der Waals surface area contributed by atoms with Gasteiger partial charge in [-0.1, -0.05) is 24.3 Å². The van der Waals surface area contributed by atoms with E-state index in [0.29, 0.717) is 0 Å². The first-order valence-corrected chi connectivity index (χ1v) is 10.5. The number of rotatable bonds is 6. The normalized spacial score (nSPS) is 17.2. The predicted octanol–water partition coefficient (Wildman–Crippen LogP) is 1.42. The van der Waals surface area contributed by atoms with Crippen molar-refractivity contribution in [2.24, 2.45) is 5.73 Å². The molecule has 0 spiro atoms. The Hall–Kier alpha value is -3.39. The number of nitrogens with zero attached hydrogens (tertiary/aromatic N) is 1. The van der Waals surface area contributed by atoms with Gasteiger partial charge in [-0.25, -0.2) is 0 Å². The number of aliphatic carboxylic acids is 1. The minimum atomic E-state index is -1.15. The summed E-state index contributed by atoms with van der Waals surface area (Å²) in [5.41, 5.74) is 10.7. The van der Waals surface area contributed by atoms with Gasteiger partial charge in [-0.2, -0.15) is 0 Å². The van der Waals surface area contributed by atoms with E-state index in [4.69, 9.17) is 10.8 Å². The topological polar surface area (TPSA) is 133 Å². The molecule has 1 heterocycles. The van der Waals surface area contributed by atoms with Gasteiger partial charge in [0, 0.05) is 13.0 Å². The van der Waals surface area contributed by atoms with Crippen LogP contribution in [0.2, 0.25) is 0 Å². The molecule has 1 unspecified atom stereocenters. The number of phenols is 1. The van der Waals surface area contributed by atoms with Crippen molar-refractivity contribution in [2.75, 3.05) is 0 Å². The third-order valence-corrected chi connectivity index (χ3v) is 5.99. The molecule has 2 aromatic rings. The molecule has 8 nitrogen and oxygen atoms in total. The molecule has 1 aliphatic heterocycles. The van der Waals surface area contributed by atoms with Gasteiger partial charge in [-0.3, -0.25) is 14.4 Å². The van der Waals surface area contributed by atoms with Crippen molar-refractivity contribution in [3.05, 3.63) is 64.2 Å². The second-order valence-corrected chi connectivity index (χ2v) is 8.39.